The molecule has 0 aromatic carbocycles. The van der Waals surface area contributed by atoms with E-state index >= 15 is 0 Å². The molecule has 1 aliphatic rings. The van der Waals surface area contributed by atoms with Crippen LogP contribution in [0.25, 0.3) is 0 Å². The lowest BCUT2D eigenvalue weighted by atomic mass is 10.2. The summed E-state index contributed by atoms with van der Waals surface area (Å²) in [4.78, 5) is 0. The van der Waals surface area contributed by atoms with E-state index in [0.29, 0.717) is 32.8 Å². The number of hydrogen-bond acceptors (Lipinski definition) is 3. The van der Waals surface area contributed by atoms with Crippen LogP contribution in [0, 0.1) is 0 Å². The predicted octanol–water partition coefficient (Wildman–Crippen LogP) is 1.45. The first-order valence-corrected chi connectivity index (χ1v) is 8.96. The summed E-state index contributed by atoms with van der Waals surface area (Å²) in [5.41, 5.74) is 0. The Labute approximate surface area is 119 Å². The lowest BCUT2D eigenvalue weighted by Crippen LogP contribution is -2.43. The van der Waals surface area contributed by atoms with Crippen molar-refractivity contribution in [2.45, 2.75) is 25.7 Å². The zero-order valence-electron chi connectivity index (χ0n) is 11.0. The molecule has 5 nitrogen and oxygen atoms in total. The smallest absolute Gasteiger partial charge is 0.281 e. The van der Waals surface area contributed by atoms with E-state index < -0.39 is 10.2 Å². The Hall–Kier alpha value is 0.310. The summed E-state index contributed by atoms with van der Waals surface area (Å²) in [6, 6.07) is 0. The van der Waals surface area contributed by atoms with Gasteiger partial charge in [-0.2, -0.15) is 17.0 Å². The normalized spacial score (nSPS) is 19.1. The molecule has 0 aliphatic carbocycles. The second-order valence-corrected chi connectivity index (χ2v) is 7.27. The molecule has 1 heterocycles. The highest BCUT2D eigenvalue weighted by molar-refractivity contribution is 9.09. The topological polar surface area (TPSA) is 49.9 Å². The van der Waals surface area contributed by atoms with Crippen molar-refractivity contribution in [2.75, 3.05) is 45.2 Å². The van der Waals surface area contributed by atoms with E-state index in [4.69, 9.17) is 4.74 Å². The van der Waals surface area contributed by atoms with Crippen molar-refractivity contribution in [2.24, 2.45) is 0 Å². The van der Waals surface area contributed by atoms with Gasteiger partial charge in [-0.05, 0) is 12.8 Å². The molecule has 0 amide bonds. The average molecular weight is 343 g/mol. The number of halogens is 1. The lowest BCUT2D eigenvalue weighted by molar-refractivity contribution is 0.140. The van der Waals surface area contributed by atoms with Crippen LogP contribution in [0.3, 0.4) is 0 Å². The molecule has 0 unspecified atom stereocenters. The molecule has 1 rings (SSSR count). The average Bonchev–Trinajstić information content (AvgIpc) is 2.63. The molecule has 7 heteroatoms. The Morgan fingerprint density at radius 3 is 2.33 bits per heavy atom. The standard InChI is InChI=1S/C11H23BrN2O3S/c1-13(9-11-17-10-6-12)18(15,16)14-7-4-2-3-5-8-14/h2-11H2,1H3. The minimum absolute atomic E-state index is 0.409. The fourth-order valence-electron chi connectivity index (χ4n) is 1.93. The predicted molar refractivity (Wildman–Crippen MR) is 76.2 cm³/mol. The molecule has 0 saturated carbocycles. The first-order valence-electron chi connectivity index (χ1n) is 6.44. The second-order valence-electron chi connectivity index (χ2n) is 4.44. The summed E-state index contributed by atoms with van der Waals surface area (Å²) < 4.78 is 32.9. The molecule has 0 atom stereocenters. The number of rotatable bonds is 7. The van der Waals surface area contributed by atoms with Gasteiger partial charge in [0.2, 0.25) is 0 Å². The molecule has 18 heavy (non-hydrogen) atoms. The van der Waals surface area contributed by atoms with Crippen molar-refractivity contribution in [1.29, 1.82) is 0 Å². The van der Waals surface area contributed by atoms with E-state index in [1.807, 2.05) is 0 Å². The fourth-order valence-corrected chi connectivity index (χ4v) is 3.58. The first-order chi connectivity index (χ1) is 8.59. The van der Waals surface area contributed by atoms with Crippen LogP contribution in [0.1, 0.15) is 25.7 Å². The number of alkyl halides is 1. The van der Waals surface area contributed by atoms with Gasteiger partial charge in [0, 0.05) is 32.0 Å². The van der Waals surface area contributed by atoms with Crippen molar-refractivity contribution in [3.8, 4) is 0 Å². The van der Waals surface area contributed by atoms with E-state index in [-0.39, 0.29) is 0 Å². The van der Waals surface area contributed by atoms with Gasteiger partial charge in [-0.1, -0.05) is 28.8 Å². The molecule has 1 fully saturated rings. The monoisotopic (exact) mass is 342 g/mol. The molecule has 0 radical (unpaired) electrons. The van der Waals surface area contributed by atoms with Gasteiger partial charge in [0.1, 0.15) is 0 Å². The zero-order chi connectivity index (χ0) is 13.4. The first kappa shape index (κ1) is 16.4. The quantitative estimate of drug-likeness (QED) is 0.519. The highest BCUT2D eigenvalue weighted by atomic mass is 79.9. The Morgan fingerprint density at radius 2 is 1.78 bits per heavy atom. The van der Waals surface area contributed by atoms with Crippen LogP contribution < -0.4 is 0 Å². The van der Waals surface area contributed by atoms with Crippen molar-refractivity contribution in [3.05, 3.63) is 0 Å². The molecule has 108 valence electrons. The molecule has 0 aromatic heterocycles. The van der Waals surface area contributed by atoms with E-state index in [1.165, 1.54) is 4.31 Å². The van der Waals surface area contributed by atoms with Gasteiger partial charge in [0.25, 0.3) is 10.2 Å². The highest BCUT2D eigenvalue weighted by Gasteiger charge is 2.26. The van der Waals surface area contributed by atoms with Crippen molar-refractivity contribution >= 4 is 26.1 Å². The molecule has 1 aliphatic heterocycles. The third-order valence-electron chi connectivity index (χ3n) is 3.06. The molecule has 0 aromatic rings. The molecule has 0 bridgehead atoms. The molecular weight excluding hydrogens is 320 g/mol. The Kier molecular flexibility index (Phi) is 7.70. The van der Waals surface area contributed by atoms with Crippen LogP contribution in [0.15, 0.2) is 0 Å². The molecule has 1 saturated heterocycles. The summed E-state index contributed by atoms with van der Waals surface area (Å²) in [6.07, 6.45) is 4.19. The maximum absolute atomic E-state index is 12.3. The van der Waals surface area contributed by atoms with Gasteiger partial charge in [0.15, 0.2) is 0 Å². The minimum atomic E-state index is -3.30. The van der Waals surface area contributed by atoms with Crippen molar-refractivity contribution < 1.29 is 13.2 Å². The minimum Gasteiger partial charge on any atom is -0.379 e. The summed E-state index contributed by atoms with van der Waals surface area (Å²) in [5.74, 6) is 0. The summed E-state index contributed by atoms with van der Waals surface area (Å²) >= 11 is 3.26. The van der Waals surface area contributed by atoms with E-state index in [1.54, 1.807) is 11.4 Å². The van der Waals surface area contributed by atoms with E-state index in [0.717, 1.165) is 31.0 Å². The van der Waals surface area contributed by atoms with Crippen LogP contribution in [-0.4, -0.2) is 62.3 Å². The van der Waals surface area contributed by atoms with Crippen LogP contribution >= 0.6 is 15.9 Å². The van der Waals surface area contributed by atoms with Gasteiger partial charge in [-0.15, -0.1) is 0 Å². The van der Waals surface area contributed by atoms with Gasteiger partial charge < -0.3 is 4.74 Å². The van der Waals surface area contributed by atoms with Crippen LogP contribution in [0.2, 0.25) is 0 Å². The maximum atomic E-state index is 12.3. The van der Waals surface area contributed by atoms with Crippen molar-refractivity contribution in [3.63, 3.8) is 0 Å². The second kappa shape index (κ2) is 8.47. The van der Waals surface area contributed by atoms with Crippen LogP contribution in [0.4, 0.5) is 0 Å². The Morgan fingerprint density at radius 1 is 1.17 bits per heavy atom. The number of ether oxygens (including phenoxy) is 1. The molecule has 0 N–H and O–H groups in total. The fraction of sp³-hybridized carbons (Fsp3) is 1.00. The van der Waals surface area contributed by atoms with Crippen LogP contribution in [0.5, 0.6) is 0 Å². The van der Waals surface area contributed by atoms with Crippen LogP contribution in [-0.2, 0) is 14.9 Å². The summed E-state index contributed by atoms with van der Waals surface area (Å²) in [5, 5.41) is 0.773. The third-order valence-corrected chi connectivity index (χ3v) is 5.37. The number of likely N-dealkylation sites (N-methyl/N-ethyl adjacent to an activating group) is 1. The summed E-state index contributed by atoms with van der Waals surface area (Å²) in [6.45, 7) is 2.75. The van der Waals surface area contributed by atoms with Crippen molar-refractivity contribution in [1.82, 2.24) is 8.61 Å². The van der Waals surface area contributed by atoms with E-state index in [2.05, 4.69) is 15.9 Å². The van der Waals surface area contributed by atoms with Gasteiger partial charge in [-0.3, -0.25) is 0 Å². The Bertz CT molecular complexity index is 316. The number of hydrogen-bond donors (Lipinski definition) is 0. The van der Waals surface area contributed by atoms with E-state index in [9.17, 15) is 8.42 Å². The lowest BCUT2D eigenvalue weighted by Gasteiger charge is -2.26. The SMILES string of the molecule is CN(CCOCCBr)S(=O)(=O)N1CCCCCC1. The molecular formula is C11H23BrN2O3S. The van der Waals surface area contributed by atoms with Gasteiger partial charge in [-0.25, -0.2) is 0 Å². The third kappa shape index (κ3) is 5.13. The summed E-state index contributed by atoms with van der Waals surface area (Å²) in [7, 11) is -1.67. The largest absolute Gasteiger partial charge is 0.379 e. The van der Waals surface area contributed by atoms with Gasteiger partial charge in [0.05, 0.1) is 13.2 Å². The Balaban J connectivity index is 2.44. The highest BCUT2D eigenvalue weighted by Crippen LogP contribution is 2.15. The molecule has 0 spiro atoms. The maximum Gasteiger partial charge on any atom is 0.281 e. The zero-order valence-corrected chi connectivity index (χ0v) is 13.4. The number of nitrogens with zero attached hydrogens (tertiary/aromatic N) is 2. The van der Waals surface area contributed by atoms with Gasteiger partial charge >= 0.3 is 0 Å².